The van der Waals surface area contributed by atoms with Crippen molar-refractivity contribution in [3.8, 4) is 11.5 Å². The minimum absolute atomic E-state index is 0.0658. The number of ether oxygens (including phenoxy) is 3. The van der Waals surface area contributed by atoms with Crippen molar-refractivity contribution in [2.45, 2.75) is 25.4 Å². The quantitative estimate of drug-likeness (QED) is 0.352. The molecule has 0 spiro atoms. The summed E-state index contributed by atoms with van der Waals surface area (Å²) in [6.45, 7) is 3.61. The average molecular weight is 406 g/mol. The molecule has 0 aliphatic carbocycles. The van der Waals surface area contributed by atoms with E-state index in [1.54, 1.807) is 25.1 Å². The van der Waals surface area contributed by atoms with Crippen LogP contribution in [0.15, 0.2) is 28.3 Å². The Balaban J connectivity index is 2.19. The second-order valence-electron chi connectivity index (χ2n) is 5.32. The van der Waals surface area contributed by atoms with Crippen LogP contribution in [0.25, 0.3) is 6.08 Å². The lowest BCUT2D eigenvalue weighted by atomic mass is 10.2. The van der Waals surface area contributed by atoms with Gasteiger partial charge in [-0.1, -0.05) is 13.0 Å². The van der Waals surface area contributed by atoms with Gasteiger partial charge in [-0.15, -0.1) is 5.10 Å². The van der Waals surface area contributed by atoms with Crippen molar-refractivity contribution in [2.24, 2.45) is 0 Å². The standard InChI is InChI=1S/C18H21N3O6S/c1-4-15-19-18(21-20-15)28-14(17(23)24)9-11-6-7-12(13(8-11)25-3)27-10-16(22)26-5-2/h6-9H,4-5,10H2,1-3H3,(H,23,24)(H,19,20,21)/p-1/b14-9-. The zero-order valence-electron chi connectivity index (χ0n) is 15.7. The maximum atomic E-state index is 11.5. The molecule has 1 aromatic carbocycles. The van der Waals surface area contributed by atoms with Gasteiger partial charge in [-0.05, 0) is 42.5 Å². The van der Waals surface area contributed by atoms with Crippen molar-refractivity contribution in [1.29, 1.82) is 0 Å². The van der Waals surface area contributed by atoms with E-state index >= 15 is 0 Å². The zero-order chi connectivity index (χ0) is 20.5. The molecule has 2 rings (SSSR count). The normalized spacial score (nSPS) is 11.2. The summed E-state index contributed by atoms with van der Waals surface area (Å²) in [5.74, 6) is -0.523. The molecule has 0 aliphatic heterocycles. The number of aromatic nitrogens is 3. The first-order valence-corrected chi connectivity index (χ1v) is 9.27. The highest BCUT2D eigenvalue weighted by Crippen LogP contribution is 2.31. The van der Waals surface area contributed by atoms with E-state index in [1.165, 1.54) is 13.2 Å². The molecule has 0 saturated carbocycles. The molecule has 0 atom stereocenters. The Hall–Kier alpha value is -3.01. The van der Waals surface area contributed by atoms with Crippen LogP contribution in [0.3, 0.4) is 0 Å². The van der Waals surface area contributed by atoms with Crippen LogP contribution >= 0.6 is 11.8 Å². The molecule has 2 aromatic rings. The van der Waals surface area contributed by atoms with Crippen molar-refractivity contribution < 1.29 is 28.9 Å². The molecule has 0 aliphatic rings. The molecule has 1 aromatic heterocycles. The van der Waals surface area contributed by atoms with Gasteiger partial charge in [-0.3, -0.25) is 5.10 Å². The second kappa shape index (κ2) is 10.4. The number of H-pyrrole nitrogens is 1. The van der Waals surface area contributed by atoms with E-state index in [9.17, 15) is 14.7 Å². The number of carbonyl (C=O) groups excluding carboxylic acids is 2. The Morgan fingerprint density at radius 2 is 2.07 bits per heavy atom. The Labute approximate surface area is 166 Å². The molecule has 9 nitrogen and oxygen atoms in total. The minimum Gasteiger partial charge on any atom is -0.544 e. The van der Waals surface area contributed by atoms with E-state index < -0.39 is 11.9 Å². The predicted molar refractivity (Wildman–Crippen MR) is 99.7 cm³/mol. The third-order valence-corrected chi connectivity index (χ3v) is 4.25. The maximum Gasteiger partial charge on any atom is 0.344 e. The van der Waals surface area contributed by atoms with Gasteiger partial charge in [0, 0.05) is 11.3 Å². The van der Waals surface area contributed by atoms with Gasteiger partial charge in [0.25, 0.3) is 0 Å². The summed E-state index contributed by atoms with van der Waals surface area (Å²) in [4.78, 5) is 27.0. The van der Waals surface area contributed by atoms with Crippen LogP contribution in [0.5, 0.6) is 11.5 Å². The summed E-state index contributed by atoms with van der Waals surface area (Å²) in [6.07, 6.45) is 2.07. The number of aliphatic carboxylic acids is 1. The topological polar surface area (TPSA) is 126 Å². The molecule has 0 fully saturated rings. The molecule has 0 bridgehead atoms. The summed E-state index contributed by atoms with van der Waals surface area (Å²) < 4.78 is 15.4. The van der Waals surface area contributed by atoms with Gasteiger partial charge in [0.1, 0.15) is 5.82 Å². The number of thioether (sulfide) groups is 1. The molecule has 10 heteroatoms. The first kappa shape index (κ1) is 21.3. The largest absolute Gasteiger partial charge is 0.544 e. The predicted octanol–water partition coefficient (Wildman–Crippen LogP) is 1.20. The molecule has 1 heterocycles. The van der Waals surface area contributed by atoms with Crippen molar-refractivity contribution >= 4 is 29.8 Å². The molecule has 0 radical (unpaired) electrons. The zero-order valence-corrected chi connectivity index (χ0v) is 16.5. The number of benzene rings is 1. The van der Waals surface area contributed by atoms with E-state index in [-0.39, 0.29) is 23.3 Å². The summed E-state index contributed by atoms with van der Waals surface area (Å²) in [7, 11) is 1.44. The lowest BCUT2D eigenvalue weighted by molar-refractivity contribution is -0.298. The van der Waals surface area contributed by atoms with Crippen LogP contribution in [-0.2, 0) is 20.7 Å². The lowest BCUT2D eigenvalue weighted by Gasteiger charge is -2.11. The second-order valence-corrected chi connectivity index (χ2v) is 6.33. The lowest BCUT2D eigenvalue weighted by Crippen LogP contribution is -2.23. The number of esters is 1. The number of rotatable bonds is 10. The number of carbonyl (C=O) groups is 2. The van der Waals surface area contributed by atoms with E-state index in [0.29, 0.717) is 29.3 Å². The first-order valence-electron chi connectivity index (χ1n) is 8.45. The Morgan fingerprint density at radius 3 is 2.68 bits per heavy atom. The van der Waals surface area contributed by atoms with Crippen molar-refractivity contribution in [2.75, 3.05) is 20.3 Å². The highest BCUT2D eigenvalue weighted by atomic mass is 32.2. The third kappa shape index (κ3) is 6.02. The van der Waals surface area contributed by atoms with E-state index in [2.05, 4.69) is 15.2 Å². The van der Waals surface area contributed by atoms with E-state index in [0.717, 1.165) is 11.8 Å². The number of carboxylic acids is 1. The summed E-state index contributed by atoms with van der Waals surface area (Å²) >= 11 is 0.877. The highest BCUT2D eigenvalue weighted by molar-refractivity contribution is 8.04. The van der Waals surface area contributed by atoms with Gasteiger partial charge >= 0.3 is 5.97 Å². The third-order valence-electron chi connectivity index (χ3n) is 3.38. The van der Waals surface area contributed by atoms with Crippen LogP contribution in [0.4, 0.5) is 0 Å². The van der Waals surface area contributed by atoms with Crippen molar-refractivity contribution in [3.05, 3.63) is 34.5 Å². The fraction of sp³-hybridized carbons (Fsp3) is 0.333. The number of hydrogen-bond acceptors (Lipinski definition) is 9. The van der Waals surface area contributed by atoms with Gasteiger partial charge in [0.15, 0.2) is 18.1 Å². The number of carboxylic acid groups (broad SMARTS) is 1. The SMILES string of the molecule is CCOC(=O)COc1ccc(/C=C(\Sc2n[nH]c(CC)n2)C(=O)[O-])cc1OC. The number of nitrogens with one attached hydrogen (secondary N) is 1. The monoisotopic (exact) mass is 406 g/mol. The number of aryl methyl sites for hydroxylation is 1. The van der Waals surface area contributed by atoms with Gasteiger partial charge in [0.05, 0.1) is 19.7 Å². The maximum absolute atomic E-state index is 11.5. The number of nitrogens with zero attached hydrogens (tertiary/aromatic N) is 2. The molecular weight excluding hydrogens is 386 g/mol. The molecule has 0 amide bonds. The molecule has 0 unspecified atom stereocenters. The number of aromatic amines is 1. The Morgan fingerprint density at radius 1 is 1.29 bits per heavy atom. The average Bonchev–Trinajstić information content (AvgIpc) is 3.14. The van der Waals surface area contributed by atoms with Gasteiger partial charge in [-0.2, -0.15) is 0 Å². The van der Waals surface area contributed by atoms with Gasteiger partial charge in [-0.25, -0.2) is 9.78 Å². The Kier molecular flexibility index (Phi) is 7.88. The molecular formula is C18H20N3O6S-. The van der Waals surface area contributed by atoms with E-state index in [1.807, 2.05) is 6.92 Å². The fourth-order valence-corrected chi connectivity index (χ4v) is 2.82. The van der Waals surface area contributed by atoms with Crippen LogP contribution in [0.1, 0.15) is 25.2 Å². The first-order chi connectivity index (χ1) is 13.5. The summed E-state index contributed by atoms with van der Waals surface area (Å²) in [5, 5.41) is 18.4. The van der Waals surface area contributed by atoms with Gasteiger partial charge < -0.3 is 24.1 Å². The van der Waals surface area contributed by atoms with Crippen LogP contribution in [0, 0.1) is 0 Å². The number of hydrogen-bond donors (Lipinski definition) is 1. The Bertz CT molecular complexity index is 865. The molecule has 0 saturated heterocycles. The molecule has 150 valence electrons. The number of methoxy groups -OCH3 is 1. The summed E-state index contributed by atoms with van der Waals surface area (Å²) in [5.41, 5.74) is 0.540. The summed E-state index contributed by atoms with van der Waals surface area (Å²) in [6, 6.07) is 4.78. The van der Waals surface area contributed by atoms with Crippen LogP contribution < -0.4 is 14.6 Å². The van der Waals surface area contributed by atoms with Crippen LogP contribution in [-0.4, -0.2) is 47.4 Å². The molecule has 1 N–H and O–H groups in total. The minimum atomic E-state index is -1.35. The smallest absolute Gasteiger partial charge is 0.344 e. The van der Waals surface area contributed by atoms with Crippen molar-refractivity contribution in [3.63, 3.8) is 0 Å². The van der Waals surface area contributed by atoms with E-state index in [4.69, 9.17) is 14.2 Å². The highest BCUT2D eigenvalue weighted by Gasteiger charge is 2.11. The fourth-order valence-electron chi connectivity index (χ4n) is 2.09. The van der Waals surface area contributed by atoms with Crippen molar-refractivity contribution in [1.82, 2.24) is 15.2 Å². The van der Waals surface area contributed by atoms with Crippen LogP contribution in [0.2, 0.25) is 0 Å². The molecule has 28 heavy (non-hydrogen) atoms. The van der Waals surface area contributed by atoms with Gasteiger partial charge in [0.2, 0.25) is 5.16 Å².